The summed E-state index contributed by atoms with van der Waals surface area (Å²) in [7, 11) is 2.79. The number of amides is 1. The zero-order valence-electron chi connectivity index (χ0n) is 11.9. The number of esters is 1. The number of hydrogen-bond acceptors (Lipinski definition) is 4. The van der Waals surface area contributed by atoms with Crippen LogP contribution in [0.3, 0.4) is 0 Å². The Hall–Kier alpha value is -2.39. The molecule has 0 atom stereocenters. The SMILES string of the molecule is COC(=O)CCN(C)C(=O)c1ccc(C#CCO)c(F)c1. The first kappa shape index (κ1) is 16.7. The summed E-state index contributed by atoms with van der Waals surface area (Å²) in [5.41, 5.74) is 0.271. The average molecular weight is 293 g/mol. The number of nitrogens with zero attached hydrogens (tertiary/aromatic N) is 1. The first-order chi connectivity index (χ1) is 9.99. The number of carbonyl (C=O) groups is 2. The van der Waals surface area contributed by atoms with E-state index in [1.165, 1.54) is 31.2 Å². The number of methoxy groups -OCH3 is 1. The molecule has 1 N–H and O–H groups in total. The smallest absolute Gasteiger partial charge is 0.307 e. The zero-order chi connectivity index (χ0) is 15.8. The van der Waals surface area contributed by atoms with Gasteiger partial charge in [-0.05, 0) is 18.2 Å². The lowest BCUT2D eigenvalue weighted by molar-refractivity contribution is -0.140. The highest BCUT2D eigenvalue weighted by Gasteiger charge is 2.14. The maximum Gasteiger partial charge on any atom is 0.307 e. The molecule has 5 nitrogen and oxygen atoms in total. The van der Waals surface area contributed by atoms with Crippen LogP contribution in [0.4, 0.5) is 4.39 Å². The fourth-order valence-electron chi connectivity index (χ4n) is 1.57. The molecule has 0 unspecified atom stereocenters. The van der Waals surface area contributed by atoms with Gasteiger partial charge in [0, 0.05) is 19.2 Å². The number of halogens is 1. The summed E-state index contributed by atoms with van der Waals surface area (Å²) < 4.78 is 18.2. The maximum absolute atomic E-state index is 13.7. The summed E-state index contributed by atoms with van der Waals surface area (Å²) >= 11 is 0. The molecule has 0 heterocycles. The van der Waals surface area contributed by atoms with Crippen molar-refractivity contribution in [3.05, 3.63) is 35.1 Å². The summed E-state index contributed by atoms with van der Waals surface area (Å²) in [6, 6.07) is 3.90. The number of ether oxygens (including phenoxy) is 1. The molecular weight excluding hydrogens is 277 g/mol. The van der Waals surface area contributed by atoms with Crippen molar-refractivity contribution in [1.82, 2.24) is 4.90 Å². The third-order valence-electron chi connectivity index (χ3n) is 2.74. The molecule has 112 valence electrons. The lowest BCUT2D eigenvalue weighted by Crippen LogP contribution is -2.29. The van der Waals surface area contributed by atoms with Crippen LogP contribution >= 0.6 is 0 Å². The first-order valence-corrected chi connectivity index (χ1v) is 6.21. The highest BCUT2D eigenvalue weighted by Crippen LogP contribution is 2.11. The van der Waals surface area contributed by atoms with E-state index in [-0.39, 0.29) is 30.7 Å². The predicted molar refractivity (Wildman–Crippen MR) is 74.0 cm³/mol. The van der Waals surface area contributed by atoms with Crippen molar-refractivity contribution in [1.29, 1.82) is 0 Å². The van der Waals surface area contributed by atoms with Gasteiger partial charge < -0.3 is 14.7 Å². The molecule has 1 aromatic rings. The van der Waals surface area contributed by atoms with E-state index in [1.807, 2.05) is 0 Å². The van der Waals surface area contributed by atoms with Crippen LogP contribution in [0.15, 0.2) is 18.2 Å². The molecule has 0 aliphatic rings. The van der Waals surface area contributed by atoms with Gasteiger partial charge in [-0.3, -0.25) is 9.59 Å². The van der Waals surface area contributed by atoms with Crippen molar-refractivity contribution in [2.75, 3.05) is 27.3 Å². The van der Waals surface area contributed by atoms with Gasteiger partial charge in [-0.15, -0.1) is 0 Å². The second-order valence-electron chi connectivity index (χ2n) is 4.21. The Morgan fingerprint density at radius 3 is 2.71 bits per heavy atom. The van der Waals surface area contributed by atoms with Crippen LogP contribution in [0.5, 0.6) is 0 Å². The Bertz CT molecular complexity index is 589. The van der Waals surface area contributed by atoms with E-state index in [9.17, 15) is 14.0 Å². The van der Waals surface area contributed by atoms with Crippen molar-refractivity contribution in [2.24, 2.45) is 0 Å². The third kappa shape index (κ3) is 4.89. The van der Waals surface area contributed by atoms with Crippen LogP contribution in [-0.2, 0) is 9.53 Å². The number of aliphatic hydroxyl groups is 1. The van der Waals surface area contributed by atoms with Crippen LogP contribution in [-0.4, -0.2) is 49.2 Å². The first-order valence-electron chi connectivity index (χ1n) is 6.21. The molecule has 0 aliphatic heterocycles. The number of carbonyl (C=O) groups excluding carboxylic acids is 2. The normalized spacial score (nSPS) is 9.52. The molecule has 0 spiro atoms. The third-order valence-corrected chi connectivity index (χ3v) is 2.74. The molecule has 21 heavy (non-hydrogen) atoms. The predicted octanol–water partition coefficient (Wildman–Crippen LogP) is 0.805. The second kappa shape index (κ2) is 8.02. The van der Waals surface area contributed by atoms with Crippen molar-refractivity contribution in [3.8, 4) is 11.8 Å². The summed E-state index contributed by atoms with van der Waals surface area (Å²) in [4.78, 5) is 24.4. The quantitative estimate of drug-likeness (QED) is 0.659. The molecule has 0 saturated carbocycles. The van der Waals surface area contributed by atoms with E-state index >= 15 is 0 Å². The molecular formula is C15H16FNO4. The highest BCUT2D eigenvalue weighted by atomic mass is 19.1. The van der Waals surface area contributed by atoms with Gasteiger partial charge in [-0.2, -0.15) is 0 Å². The molecule has 0 radical (unpaired) electrons. The summed E-state index contributed by atoms with van der Waals surface area (Å²) in [6.45, 7) is -0.185. The van der Waals surface area contributed by atoms with E-state index in [1.54, 1.807) is 0 Å². The van der Waals surface area contributed by atoms with Crippen LogP contribution < -0.4 is 0 Å². The zero-order valence-corrected chi connectivity index (χ0v) is 11.9. The van der Waals surface area contributed by atoms with Gasteiger partial charge in [0.1, 0.15) is 12.4 Å². The minimum atomic E-state index is -0.636. The van der Waals surface area contributed by atoms with E-state index in [4.69, 9.17) is 5.11 Å². The van der Waals surface area contributed by atoms with Crippen LogP contribution in [0.1, 0.15) is 22.3 Å². The molecule has 6 heteroatoms. The van der Waals surface area contributed by atoms with Crippen LogP contribution in [0, 0.1) is 17.7 Å². The van der Waals surface area contributed by atoms with Gasteiger partial charge in [-0.25, -0.2) is 4.39 Å². The molecule has 0 aromatic heterocycles. The summed E-state index contributed by atoms with van der Waals surface area (Å²) in [5.74, 6) is 3.32. The molecule has 0 fully saturated rings. The van der Waals surface area contributed by atoms with Gasteiger partial charge in [0.15, 0.2) is 0 Å². The van der Waals surface area contributed by atoms with Crippen LogP contribution in [0.25, 0.3) is 0 Å². The van der Waals surface area contributed by atoms with Gasteiger partial charge in [-0.1, -0.05) is 11.8 Å². The van der Waals surface area contributed by atoms with Crippen LogP contribution in [0.2, 0.25) is 0 Å². The summed E-state index contributed by atoms with van der Waals surface area (Å²) in [6.07, 6.45) is 0.0707. The molecule has 1 aromatic carbocycles. The van der Waals surface area contributed by atoms with Crippen molar-refractivity contribution in [2.45, 2.75) is 6.42 Å². The van der Waals surface area contributed by atoms with Crippen molar-refractivity contribution >= 4 is 11.9 Å². The van der Waals surface area contributed by atoms with E-state index in [0.29, 0.717) is 0 Å². The number of aliphatic hydroxyl groups excluding tert-OH is 1. The van der Waals surface area contributed by atoms with Gasteiger partial charge in [0.05, 0.1) is 19.1 Å². The largest absolute Gasteiger partial charge is 0.469 e. The van der Waals surface area contributed by atoms with E-state index in [2.05, 4.69) is 16.6 Å². The Morgan fingerprint density at radius 1 is 1.43 bits per heavy atom. The lowest BCUT2D eigenvalue weighted by atomic mass is 10.1. The van der Waals surface area contributed by atoms with E-state index in [0.717, 1.165) is 6.07 Å². The molecule has 1 rings (SSSR count). The highest BCUT2D eigenvalue weighted by molar-refractivity contribution is 5.94. The molecule has 0 saturated heterocycles. The number of hydrogen-bond donors (Lipinski definition) is 1. The van der Waals surface area contributed by atoms with Gasteiger partial charge >= 0.3 is 5.97 Å². The lowest BCUT2D eigenvalue weighted by Gasteiger charge is -2.16. The minimum absolute atomic E-state index is 0.0707. The Labute approximate surface area is 122 Å². The van der Waals surface area contributed by atoms with Crippen molar-refractivity contribution < 1.29 is 23.8 Å². The standard InChI is InChI=1S/C15H16FNO4/c1-17(8-7-14(19)21-2)15(20)12-6-5-11(4-3-9-18)13(16)10-12/h5-6,10,18H,7-9H2,1-2H3. The monoisotopic (exact) mass is 293 g/mol. The van der Waals surface area contributed by atoms with E-state index < -0.39 is 17.7 Å². The maximum atomic E-state index is 13.7. The van der Waals surface area contributed by atoms with Gasteiger partial charge in [0.25, 0.3) is 5.91 Å². The Kier molecular flexibility index (Phi) is 6.37. The average Bonchev–Trinajstić information content (AvgIpc) is 2.50. The Morgan fingerprint density at radius 2 is 2.14 bits per heavy atom. The number of rotatable bonds is 4. The fourth-order valence-corrected chi connectivity index (χ4v) is 1.57. The van der Waals surface area contributed by atoms with Gasteiger partial charge in [0.2, 0.25) is 0 Å². The molecule has 0 aliphatic carbocycles. The summed E-state index contributed by atoms with van der Waals surface area (Å²) in [5, 5.41) is 8.56. The van der Waals surface area contributed by atoms with Crippen molar-refractivity contribution in [3.63, 3.8) is 0 Å². The number of benzene rings is 1. The topological polar surface area (TPSA) is 66.8 Å². The fraction of sp³-hybridized carbons (Fsp3) is 0.333. The minimum Gasteiger partial charge on any atom is -0.469 e. The Balaban J connectivity index is 2.78. The molecule has 0 bridgehead atoms. The molecule has 1 amide bonds. The second-order valence-corrected chi connectivity index (χ2v) is 4.21.